The number of hydrogen-bond donors (Lipinski definition) is 2. The van der Waals surface area contributed by atoms with E-state index in [9.17, 15) is 19.7 Å². The van der Waals surface area contributed by atoms with E-state index in [0.29, 0.717) is 5.56 Å². The molecule has 0 aromatic heterocycles. The number of hydrogen-bond acceptors (Lipinski definition) is 6. The van der Waals surface area contributed by atoms with E-state index in [2.05, 4.69) is 5.32 Å². The van der Waals surface area contributed by atoms with Crippen molar-refractivity contribution in [1.82, 2.24) is 0 Å². The molecule has 0 radical (unpaired) electrons. The van der Waals surface area contributed by atoms with Crippen LogP contribution in [0.2, 0.25) is 0 Å². The molecule has 0 aliphatic carbocycles. The molecule has 2 rings (SSSR count). The van der Waals surface area contributed by atoms with Gasteiger partial charge in [0.1, 0.15) is 12.3 Å². The van der Waals surface area contributed by atoms with E-state index >= 15 is 0 Å². The average molecular weight is 343 g/mol. The summed E-state index contributed by atoms with van der Waals surface area (Å²) < 4.78 is 5.11. The minimum atomic E-state index is -0.748. The van der Waals surface area contributed by atoms with Crippen molar-refractivity contribution in [2.75, 3.05) is 18.5 Å². The van der Waals surface area contributed by atoms with Crippen LogP contribution in [-0.2, 0) is 4.74 Å². The minimum absolute atomic E-state index is 0.0292. The number of nitrogens with two attached hydrogens (primary N) is 1. The molecular weight excluding hydrogens is 326 g/mol. The first-order valence-corrected chi connectivity index (χ1v) is 7.44. The molecule has 2 aromatic rings. The highest BCUT2D eigenvalue weighted by molar-refractivity contribution is 5.94. The Hall–Kier alpha value is -3.42. The molecule has 1 amide bonds. The van der Waals surface area contributed by atoms with Gasteiger partial charge in [-0.05, 0) is 31.2 Å². The Balaban J connectivity index is 1.93. The van der Waals surface area contributed by atoms with E-state index in [1.54, 1.807) is 24.3 Å². The first-order valence-electron chi connectivity index (χ1n) is 7.44. The molecule has 8 heteroatoms. The van der Waals surface area contributed by atoms with E-state index in [4.69, 9.17) is 10.5 Å². The number of primary amides is 1. The third-order valence-corrected chi connectivity index (χ3v) is 3.42. The Labute approximate surface area is 143 Å². The Morgan fingerprint density at radius 3 is 2.40 bits per heavy atom. The van der Waals surface area contributed by atoms with Gasteiger partial charge in [0.15, 0.2) is 0 Å². The van der Waals surface area contributed by atoms with E-state index < -0.39 is 16.8 Å². The molecule has 8 nitrogen and oxygen atoms in total. The second-order valence-electron chi connectivity index (χ2n) is 5.28. The molecule has 25 heavy (non-hydrogen) atoms. The van der Waals surface area contributed by atoms with Crippen LogP contribution in [0.1, 0.15) is 26.3 Å². The van der Waals surface area contributed by atoms with Gasteiger partial charge >= 0.3 is 5.97 Å². The number of nitrogens with one attached hydrogen (secondary N) is 1. The number of nitro benzene ring substituents is 1. The van der Waals surface area contributed by atoms with Gasteiger partial charge in [0.05, 0.1) is 10.5 Å². The molecule has 2 aromatic carbocycles. The molecule has 0 bridgehead atoms. The lowest BCUT2D eigenvalue weighted by Gasteiger charge is -2.09. The molecule has 3 N–H and O–H groups in total. The molecule has 0 atom stereocenters. The number of nitro groups is 1. The zero-order valence-electron chi connectivity index (χ0n) is 13.5. The number of benzene rings is 2. The van der Waals surface area contributed by atoms with E-state index in [-0.39, 0.29) is 30.1 Å². The predicted octanol–water partition coefficient (Wildman–Crippen LogP) is 2.27. The van der Waals surface area contributed by atoms with Crippen LogP contribution in [0.5, 0.6) is 0 Å². The van der Waals surface area contributed by atoms with Crippen LogP contribution in [-0.4, -0.2) is 30.0 Å². The monoisotopic (exact) mass is 343 g/mol. The van der Waals surface area contributed by atoms with Gasteiger partial charge in [-0.2, -0.15) is 0 Å². The second kappa shape index (κ2) is 7.91. The number of nitrogens with zero attached hydrogens (tertiary/aromatic N) is 1. The molecule has 0 heterocycles. The number of esters is 1. The minimum Gasteiger partial charge on any atom is -0.460 e. The Morgan fingerprint density at radius 1 is 1.16 bits per heavy atom. The summed E-state index contributed by atoms with van der Waals surface area (Å²) in [6, 6.07) is 10.8. The fourth-order valence-electron chi connectivity index (χ4n) is 2.09. The van der Waals surface area contributed by atoms with Crippen LogP contribution in [0.4, 0.5) is 11.4 Å². The highest BCUT2D eigenvalue weighted by Gasteiger charge is 2.16. The van der Waals surface area contributed by atoms with Gasteiger partial charge in [0, 0.05) is 18.2 Å². The molecule has 0 unspecified atom stereocenters. The van der Waals surface area contributed by atoms with Gasteiger partial charge in [-0.15, -0.1) is 0 Å². The van der Waals surface area contributed by atoms with Crippen molar-refractivity contribution >= 4 is 23.3 Å². The number of aryl methyl sites for hydroxylation is 1. The van der Waals surface area contributed by atoms with Gasteiger partial charge in [-0.1, -0.05) is 17.7 Å². The average Bonchev–Trinajstić information content (AvgIpc) is 2.58. The molecule has 0 saturated carbocycles. The molecule has 0 aliphatic heterocycles. The van der Waals surface area contributed by atoms with Gasteiger partial charge in [-0.25, -0.2) is 4.79 Å². The summed E-state index contributed by atoms with van der Waals surface area (Å²) in [6.45, 7) is 2.12. The molecule has 0 saturated heterocycles. The summed E-state index contributed by atoms with van der Waals surface area (Å²) in [5.74, 6) is -1.22. The third kappa shape index (κ3) is 4.77. The first-order chi connectivity index (χ1) is 11.9. The van der Waals surface area contributed by atoms with E-state index in [0.717, 1.165) is 11.6 Å². The summed E-state index contributed by atoms with van der Waals surface area (Å²) in [6.07, 6.45) is 0. The number of carbonyl (C=O) groups is 2. The maximum atomic E-state index is 11.9. The quantitative estimate of drug-likeness (QED) is 0.344. The van der Waals surface area contributed by atoms with Crippen LogP contribution in [0.25, 0.3) is 0 Å². The molecule has 0 spiro atoms. The van der Waals surface area contributed by atoms with Crippen LogP contribution in [0.15, 0.2) is 42.5 Å². The van der Waals surface area contributed by atoms with Crippen LogP contribution in [0, 0.1) is 17.0 Å². The van der Waals surface area contributed by atoms with Crippen molar-refractivity contribution in [2.45, 2.75) is 6.92 Å². The van der Waals surface area contributed by atoms with E-state index in [1.165, 1.54) is 12.1 Å². The summed E-state index contributed by atoms with van der Waals surface area (Å²) >= 11 is 0. The highest BCUT2D eigenvalue weighted by Crippen LogP contribution is 2.25. The summed E-state index contributed by atoms with van der Waals surface area (Å²) in [5.41, 5.74) is 6.56. The van der Waals surface area contributed by atoms with Gasteiger partial charge < -0.3 is 15.8 Å². The number of carbonyl (C=O) groups excluding carboxylic acids is 2. The normalized spacial score (nSPS) is 10.1. The SMILES string of the molecule is Cc1ccc(C(=O)OCCNc2ccc(C(N)=O)cc2[N+](=O)[O-])cc1. The smallest absolute Gasteiger partial charge is 0.338 e. The summed E-state index contributed by atoms with van der Waals surface area (Å²) in [5, 5.41) is 13.9. The third-order valence-electron chi connectivity index (χ3n) is 3.42. The van der Waals surface area contributed by atoms with Crippen molar-refractivity contribution in [1.29, 1.82) is 0 Å². The standard InChI is InChI=1S/C17H17N3O5/c1-11-2-4-12(5-3-11)17(22)25-9-8-19-14-7-6-13(16(18)21)10-15(14)20(23)24/h2-7,10,19H,8-9H2,1H3,(H2,18,21). The first kappa shape index (κ1) is 17.9. The van der Waals surface area contributed by atoms with Crippen molar-refractivity contribution in [3.05, 3.63) is 69.3 Å². The predicted molar refractivity (Wildman–Crippen MR) is 91.6 cm³/mol. The van der Waals surface area contributed by atoms with Gasteiger partial charge in [-0.3, -0.25) is 14.9 Å². The Bertz CT molecular complexity index is 802. The zero-order valence-corrected chi connectivity index (χ0v) is 13.5. The van der Waals surface area contributed by atoms with Crippen LogP contribution >= 0.6 is 0 Å². The summed E-state index contributed by atoms with van der Waals surface area (Å²) in [7, 11) is 0. The van der Waals surface area contributed by atoms with Crippen molar-refractivity contribution < 1.29 is 19.2 Å². The van der Waals surface area contributed by atoms with Crippen molar-refractivity contribution in [2.24, 2.45) is 5.73 Å². The number of anilines is 1. The number of amides is 1. The van der Waals surface area contributed by atoms with Crippen molar-refractivity contribution in [3.8, 4) is 0 Å². The number of ether oxygens (including phenoxy) is 1. The van der Waals surface area contributed by atoms with Crippen LogP contribution in [0.3, 0.4) is 0 Å². The lowest BCUT2D eigenvalue weighted by atomic mass is 10.1. The summed E-state index contributed by atoms with van der Waals surface area (Å²) in [4.78, 5) is 33.4. The number of rotatable bonds is 7. The molecule has 130 valence electrons. The fraction of sp³-hybridized carbons (Fsp3) is 0.176. The maximum absolute atomic E-state index is 11.9. The lowest BCUT2D eigenvalue weighted by Crippen LogP contribution is -2.15. The maximum Gasteiger partial charge on any atom is 0.338 e. The molecule has 0 aliphatic rings. The molecular formula is C17H17N3O5. The van der Waals surface area contributed by atoms with Gasteiger partial charge in [0.2, 0.25) is 5.91 Å². The zero-order chi connectivity index (χ0) is 18.4. The fourth-order valence-corrected chi connectivity index (χ4v) is 2.09. The highest BCUT2D eigenvalue weighted by atomic mass is 16.6. The largest absolute Gasteiger partial charge is 0.460 e. The van der Waals surface area contributed by atoms with E-state index in [1.807, 2.05) is 6.92 Å². The molecule has 0 fully saturated rings. The van der Waals surface area contributed by atoms with Gasteiger partial charge in [0.25, 0.3) is 5.69 Å². The Morgan fingerprint density at radius 2 is 1.80 bits per heavy atom. The topological polar surface area (TPSA) is 125 Å². The second-order valence-corrected chi connectivity index (χ2v) is 5.28. The van der Waals surface area contributed by atoms with Crippen LogP contribution < -0.4 is 11.1 Å². The lowest BCUT2D eigenvalue weighted by molar-refractivity contribution is -0.384. The van der Waals surface area contributed by atoms with Crippen molar-refractivity contribution in [3.63, 3.8) is 0 Å². The Kier molecular flexibility index (Phi) is 5.67.